The molecule has 1 atom stereocenters. The number of fused-ring (bicyclic) bond motifs is 1. The van der Waals surface area contributed by atoms with Crippen molar-refractivity contribution in [3.8, 4) is 0 Å². The van der Waals surface area contributed by atoms with Gasteiger partial charge in [-0.25, -0.2) is 4.39 Å². The highest BCUT2D eigenvalue weighted by molar-refractivity contribution is 6.10. The second-order valence-corrected chi connectivity index (χ2v) is 6.06. The highest BCUT2D eigenvalue weighted by Crippen LogP contribution is 2.40. The lowest BCUT2D eigenvalue weighted by atomic mass is 10.00. The van der Waals surface area contributed by atoms with Crippen molar-refractivity contribution in [3.63, 3.8) is 0 Å². The maximum atomic E-state index is 13.5. The Morgan fingerprint density at radius 1 is 1.38 bits per heavy atom. The van der Waals surface area contributed by atoms with Gasteiger partial charge in [-0.15, -0.1) is 0 Å². The van der Waals surface area contributed by atoms with Gasteiger partial charge in [-0.3, -0.25) is 14.5 Å². The monoisotopic (exact) mass is 290 g/mol. The predicted octanol–water partition coefficient (Wildman–Crippen LogP) is 2.49. The lowest BCUT2D eigenvalue weighted by Crippen LogP contribution is -2.50. The van der Waals surface area contributed by atoms with E-state index < -0.39 is 17.4 Å². The van der Waals surface area contributed by atoms with Gasteiger partial charge in [-0.1, -0.05) is 6.08 Å². The maximum absolute atomic E-state index is 13.5. The Morgan fingerprint density at radius 3 is 2.57 bits per heavy atom. The van der Waals surface area contributed by atoms with Gasteiger partial charge in [0, 0.05) is 11.1 Å². The zero-order valence-electron chi connectivity index (χ0n) is 12.6. The van der Waals surface area contributed by atoms with Crippen LogP contribution in [0.4, 0.5) is 10.1 Å². The van der Waals surface area contributed by atoms with Gasteiger partial charge in [0.25, 0.3) is 0 Å². The van der Waals surface area contributed by atoms with E-state index >= 15 is 0 Å². The van der Waals surface area contributed by atoms with Crippen molar-refractivity contribution in [1.29, 1.82) is 0 Å². The molecular weight excluding hydrogens is 271 g/mol. The molecule has 0 spiro atoms. The number of hydrogen-bond acceptors (Lipinski definition) is 2. The van der Waals surface area contributed by atoms with Gasteiger partial charge in [0.05, 0.1) is 5.69 Å². The van der Waals surface area contributed by atoms with Crippen molar-refractivity contribution < 1.29 is 14.0 Å². The fraction of sp³-hybridized carbons (Fsp3) is 0.375. The number of carbonyl (C=O) groups excluding carboxylic acids is 2. The molecule has 0 saturated carbocycles. The molecular formula is C16H19FN2O2. The van der Waals surface area contributed by atoms with E-state index in [0.717, 1.165) is 0 Å². The molecule has 0 fully saturated rings. The van der Waals surface area contributed by atoms with Gasteiger partial charge in [0.1, 0.15) is 11.9 Å². The molecule has 0 aliphatic carbocycles. The lowest BCUT2D eigenvalue weighted by molar-refractivity contribution is -0.123. The Bertz CT molecular complexity index is 617. The number of carbonyl (C=O) groups is 2. The molecule has 1 aromatic rings. The fourth-order valence-electron chi connectivity index (χ4n) is 2.54. The van der Waals surface area contributed by atoms with E-state index in [1.807, 2.05) is 20.8 Å². The van der Waals surface area contributed by atoms with Crippen molar-refractivity contribution >= 4 is 23.6 Å². The van der Waals surface area contributed by atoms with Crippen LogP contribution in [0.2, 0.25) is 0 Å². The molecule has 5 heteroatoms. The van der Waals surface area contributed by atoms with Crippen LogP contribution in [-0.2, 0) is 9.59 Å². The smallest absolute Gasteiger partial charge is 0.248 e. The Hall–Kier alpha value is -2.17. The normalized spacial score (nSPS) is 19.6. The van der Waals surface area contributed by atoms with E-state index in [-0.39, 0.29) is 5.91 Å². The first-order chi connectivity index (χ1) is 9.78. The minimum Gasteiger partial charge on any atom is -0.349 e. The summed E-state index contributed by atoms with van der Waals surface area (Å²) in [6, 6.07) is 3.40. The molecule has 1 aromatic carbocycles. The van der Waals surface area contributed by atoms with Gasteiger partial charge in [0.15, 0.2) is 0 Å². The van der Waals surface area contributed by atoms with Crippen molar-refractivity contribution in [3.05, 3.63) is 35.7 Å². The van der Waals surface area contributed by atoms with Crippen LogP contribution >= 0.6 is 0 Å². The molecule has 2 amide bonds. The Labute approximate surface area is 123 Å². The number of amides is 2. The highest BCUT2D eigenvalue weighted by Gasteiger charge is 2.39. The second-order valence-electron chi connectivity index (χ2n) is 6.06. The summed E-state index contributed by atoms with van der Waals surface area (Å²) in [5.74, 6) is -0.671. The molecule has 0 radical (unpaired) electrons. The van der Waals surface area contributed by atoms with E-state index in [1.54, 1.807) is 13.0 Å². The molecule has 112 valence electrons. The van der Waals surface area contributed by atoms with Gasteiger partial charge >= 0.3 is 0 Å². The molecule has 0 bridgehead atoms. The largest absolute Gasteiger partial charge is 0.349 e. The quantitative estimate of drug-likeness (QED) is 0.851. The van der Waals surface area contributed by atoms with Gasteiger partial charge in [-0.05, 0) is 51.5 Å². The topological polar surface area (TPSA) is 49.4 Å². The van der Waals surface area contributed by atoms with E-state index in [2.05, 4.69) is 5.32 Å². The summed E-state index contributed by atoms with van der Waals surface area (Å²) < 4.78 is 13.5. The Kier molecular flexibility index (Phi) is 3.85. The summed E-state index contributed by atoms with van der Waals surface area (Å²) in [7, 11) is 0. The van der Waals surface area contributed by atoms with Crippen molar-refractivity contribution in [2.24, 2.45) is 0 Å². The predicted molar refractivity (Wildman–Crippen MR) is 80.3 cm³/mol. The number of halogens is 1. The molecule has 21 heavy (non-hydrogen) atoms. The zero-order valence-corrected chi connectivity index (χ0v) is 12.6. The zero-order chi connectivity index (χ0) is 15.8. The van der Waals surface area contributed by atoms with Crippen molar-refractivity contribution in [1.82, 2.24) is 5.32 Å². The van der Waals surface area contributed by atoms with Crippen molar-refractivity contribution in [2.45, 2.75) is 39.3 Å². The van der Waals surface area contributed by atoms with Crippen LogP contribution in [0.25, 0.3) is 5.57 Å². The first-order valence-corrected chi connectivity index (χ1v) is 6.80. The Balaban J connectivity index is 2.48. The van der Waals surface area contributed by atoms with Crippen LogP contribution in [0.15, 0.2) is 24.3 Å². The van der Waals surface area contributed by atoms with Crippen LogP contribution in [0.5, 0.6) is 0 Å². The number of allylic oxidation sites excluding steroid dienone is 1. The Morgan fingerprint density at radius 2 is 2.05 bits per heavy atom. The van der Waals surface area contributed by atoms with Gasteiger partial charge < -0.3 is 5.32 Å². The third-order valence-electron chi connectivity index (χ3n) is 3.29. The third kappa shape index (κ3) is 2.82. The summed E-state index contributed by atoms with van der Waals surface area (Å²) in [5.41, 5.74) is 1.36. The molecule has 1 aliphatic rings. The molecule has 1 aliphatic heterocycles. The summed E-state index contributed by atoms with van der Waals surface area (Å²) in [6.07, 6.45) is 2.36. The number of anilines is 1. The van der Waals surface area contributed by atoms with Gasteiger partial charge in [-0.2, -0.15) is 0 Å². The molecule has 0 saturated heterocycles. The summed E-state index contributed by atoms with van der Waals surface area (Å²) in [5, 5.41) is 2.87. The maximum Gasteiger partial charge on any atom is 0.248 e. The van der Waals surface area contributed by atoms with Crippen molar-refractivity contribution in [2.75, 3.05) is 4.90 Å². The summed E-state index contributed by atoms with van der Waals surface area (Å²) in [4.78, 5) is 25.3. The second kappa shape index (κ2) is 5.31. The number of nitrogens with zero attached hydrogens (tertiary/aromatic N) is 1. The van der Waals surface area contributed by atoms with Crippen LogP contribution in [-0.4, -0.2) is 23.9 Å². The van der Waals surface area contributed by atoms with Crippen LogP contribution in [0, 0.1) is 5.82 Å². The molecule has 2 rings (SSSR count). The molecule has 1 unspecified atom stereocenters. The first kappa shape index (κ1) is 15.2. The lowest BCUT2D eigenvalue weighted by Gasteiger charge is -2.27. The molecule has 1 heterocycles. The highest BCUT2D eigenvalue weighted by atomic mass is 19.1. The van der Waals surface area contributed by atoms with E-state index in [0.29, 0.717) is 23.2 Å². The summed E-state index contributed by atoms with van der Waals surface area (Å²) in [6.45, 7) is 7.38. The summed E-state index contributed by atoms with van der Waals surface area (Å²) >= 11 is 0. The first-order valence-electron chi connectivity index (χ1n) is 6.80. The minimum atomic E-state index is -0.761. The van der Waals surface area contributed by atoms with E-state index in [9.17, 15) is 14.0 Å². The van der Waals surface area contributed by atoms with E-state index in [1.165, 1.54) is 23.1 Å². The van der Waals surface area contributed by atoms with Crippen LogP contribution < -0.4 is 10.2 Å². The molecule has 1 N–H and O–H groups in total. The minimum absolute atomic E-state index is 0.278. The average molecular weight is 290 g/mol. The standard InChI is InChI=1S/C16H19FN2O2/c1-5-11-12-8-10(17)6-7-13(12)19(9-20)14(11)15(21)18-16(2,3)4/h5-9,14H,1-4H3,(H,18,21)/b11-5-. The third-order valence-corrected chi connectivity index (χ3v) is 3.29. The number of rotatable bonds is 2. The number of nitrogens with one attached hydrogen (secondary N) is 1. The SMILES string of the molecule is C/C=C1/c2cc(F)ccc2N(C=O)C1C(=O)NC(C)(C)C. The van der Waals surface area contributed by atoms with E-state index in [4.69, 9.17) is 0 Å². The van der Waals surface area contributed by atoms with Crippen LogP contribution in [0.1, 0.15) is 33.3 Å². The number of hydrogen-bond donors (Lipinski definition) is 1. The van der Waals surface area contributed by atoms with Crippen LogP contribution in [0.3, 0.4) is 0 Å². The fourth-order valence-corrected chi connectivity index (χ4v) is 2.54. The van der Waals surface area contributed by atoms with Gasteiger partial charge in [0.2, 0.25) is 12.3 Å². The number of benzene rings is 1. The molecule has 4 nitrogen and oxygen atoms in total. The average Bonchev–Trinajstić information content (AvgIpc) is 2.69. The molecule has 0 aromatic heterocycles.